The van der Waals surface area contributed by atoms with Crippen molar-refractivity contribution in [1.82, 2.24) is 4.68 Å². The van der Waals surface area contributed by atoms with Crippen LogP contribution in [0.25, 0.3) is 11.3 Å². The molecular formula is C26H28N4O3S. The van der Waals surface area contributed by atoms with Crippen molar-refractivity contribution < 1.29 is 14.3 Å². The first-order valence-corrected chi connectivity index (χ1v) is 11.8. The normalized spacial score (nSPS) is 14.8. The van der Waals surface area contributed by atoms with Crippen molar-refractivity contribution in [2.45, 2.75) is 26.8 Å². The Morgan fingerprint density at radius 3 is 2.56 bits per heavy atom. The van der Waals surface area contributed by atoms with E-state index in [9.17, 15) is 4.79 Å². The van der Waals surface area contributed by atoms with Crippen LogP contribution in [0.15, 0.2) is 70.1 Å². The molecule has 7 nitrogen and oxygen atoms in total. The second-order valence-electron chi connectivity index (χ2n) is 8.29. The first-order chi connectivity index (χ1) is 16.3. The Hall–Kier alpha value is -3.65. The van der Waals surface area contributed by atoms with Gasteiger partial charge in [0.15, 0.2) is 5.71 Å². The fraction of sp³-hybridized carbons (Fsp3) is 0.269. The third kappa shape index (κ3) is 4.28. The first kappa shape index (κ1) is 23.5. The molecule has 0 saturated carbocycles. The van der Waals surface area contributed by atoms with E-state index in [4.69, 9.17) is 19.6 Å². The molecule has 1 aliphatic rings. The second-order valence-corrected chi connectivity index (χ2v) is 9.13. The molecular weight excluding hydrogens is 448 g/mol. The molecule has 0 atom stereocenters. The van der Waals surface area contributed by atoms with E-state index in [-0.39, 0.29) is 11.9 Å². The molecule has 0 spiro atoms. The zero-order valence-corrected chi connectivity index (χ0v) is 20.8. The van der Waals surface area contributed by atoms with Gasteiger partial charge in [0.1, 0.15) is 11.5 Å². The maximum atomic E-state index is 13.5. The molecule has 2 aromatic carbocycles. The number of thiazole rings is 1. The quantitative estimate of drug-likeness (QED) is 0.464. The molecule has 1 aliphatic heterocycles. The van der Waals surface area contributed by atoms with E-state index < -0.39 is 0 Å². The molecule has 2 heterocycles. The average Bonchev–Trinajstić information content (AvgIpc) is 3.35. The van der Waals surface area contributed by atoms with Gasteiger partial charge in [0.2, 0.25) is 4.80 Å². The molecule has 1 amide bonds. The molecule has 0 saturated heterocycles. The molecule has 176 valence electrons. The smallest absolute Gasteiger partial charge is 0.279 e. The Kier molecular flexibility index (Phi) is 6.70. The summed E-state index contributed by atoms with van der Waals surface area (Å²) in [5, 5.41) is 6.86. The van der Waals surface area contributed by atoms with E-state index >= 15 is 0 Å². The highest BCUT2D eigenvalue weighted by molar-refractivity contribution is 7.07. The van der Waals surface area contributed by atoms with Gasteiger partial charge in [0.05, 0.1) is 32.1 Å². The van der Waals surface area contributed by atoms with Crippen molar-refractivity contribution in [2.75, 3.05) is 25.7 Å². The molecule has 8 heteroatoms. The van der Waals surface area contributed by atoms with Crippen LogP contribution in [0.5, 0.6) is 11.5 Å². The van der Waals surface area contributed by atoms with E-state index in [1.165, 1.54) is 11.3 Å². The van der Waals surface area contributed by atoms with Crippen molar-refractivity contribution in [2.24, 2.45) is 10.1 Å². The summed E-state index contributed by atoms with van der Waals surface area (Å²) in [7, 11) is 3.23. The van der Waals surface area contributed by atoms with Crippen molar-refractivity contribution >= 4 is 28.6 Å². The van der Waals surface area contributed by atoms with Crippen LogP contribution in [0.2, 0.25) is 0 Å². The predicted octanol–water partition coefficient (Wildman–Crippen LogP) is 4.72. The first-order valence-electron chi connectivity index (χ1n) is 11.0. The Bertz CT molecular complexity index is 1350. The van der Waals surface area contributed by atoms with Crippen LogP contribution >= 0.6 is 11.3 Å². The number of para-hydroxylation sites is 1. The number of amides is 1. The fourth-order valence-corrected chi connectivity index (χ4v) is 4.66. The summed E-state index contributed by atoms with van der Waals surface area (Å²) in [4.78, 5) is 20.6. The maximum Gasteiger partial charge on any atom is 0.279 e. The van der Waals surface area contributed by atoms with E-state index in [1.807, 2.05) is 68.6 Å². The molecule has 3 aromatic rings. The summed E-state index contributed by atoms with van der Waals surface area (Å²) in [5.74, 6) is 1.20. The second kappa shape index (κ2) is 9.69. The lowest BCUT2D eigenvalue weighted by Gasteiger charge is -2.20. The Balaban J connectivity index is 1.96. The SMILES string of the molecule is C=C(C)CN=c1scc(-c2ccc(OC)cc2OC)n1N=C1C(=O)N(C(C)C)c2ccccc21. The van der Waals surface area contributed by atoms with Gasteiger partial charge >= 0.3 is 0 Å². The summed E-state index contributed by atoms with van der Waals surface area (Å²) in [6.07, 6.45) is 0. The van der Waals surface area contributed by atoms with Crippen LogP contribution in [-0.2, 0) is 4.79 Å². The lowest BCUT2D eigenvalue weighted by Crippen LogP contribution is -2.36. The number of carbonyl (C=O) groups is 1. The van der Waals surface area contributed by atoms with E-state index in [0.717, 1.165) is 28.1 Å². The largest absolute Gasteiger partial charge is 0.497 e. The van der Waals surface area contributed by atoms with Crippen LogP contribution in [0.1, 0.15) is 26.3 Å². The molecule has 0 bridgehead atoms. The number of benzene rings is 2. The number of nitrogens with zero attached hydrogens (tertiary/aromatic N) is 4. The average molecular weight is 477 g/mol. The molecule has 0 unspecified atom stereocenters. The lowest BCUT2D eigenvalue weighted by molar-refractivity contribution is -0.112. The molecule has 0 N–H and O–H groups in total. The highest BCUT2D eigenvalue weighted by Gasteiger charge is 2.35. The number of methoxy groups -OCH3 is 2. The minimum Gasteiger partial charge on any atom is -0.497 e. The van der Waals surface area contributed by atoms with Crippen molar-refractivity contribution in [3.63, 3.8) is 0 Å². The van der Waals surface area contributed by atoms with Crippen molar-refractivity contribution in [3.05, 3.63) is 70.4 Å². The fourth-order valence-electron chi connectivity index (χ4n) is 3.83. The highest BCUT2D eigenvalue weighted by Crippen LogP contribution is 2.35. The highest BCUT2D eigenvalue weighted by atomic mass is 32.1. The minimum absolute atomic E-state index is 0.00236. The number of hydrogen-bond donors (Lipinski definition) is 0. The van der Waals surface area contributed by atoms with Crippen LogP contribution < -0.4 is 19.2 Å². The third-order valence-corrected chi connectivity index (χ3v) is 6.26. The lowest BCUT2D eigenvalue weighted by atomic mass is 10.1. The number of carbonyl (C=O) groups excluding carboxylic acids is 1. The zero-order chi connectivity index (χ0) is 24.4. The van der Waals surface area contributed by atoms with Gasteiger partial charge in [-0.15, -0.1) is 11.3 Å². The number of anilines is 1. The third-order valence-electron chi connectivity index (χ3n) is 5.41. The predicted molar refractivity (Wildman–Crippen MR) is 137 cm³/mol. The molecule has 34 heavy (non-hydrogen) atoms. The van der Waals surface area contributed by atoms with Crippen molar-refractivity contribution in [1.29, 1.82) is 0 Å². The van der Waals surface area contributed by atoms with Crippen LogP contribution in [0, 0.1) is 0 Å². The number of hydrogen-bond acceptors (Lipinski definition) is 6. The van der Waals surface area contributed by atoms with Crippen LogP contribution in [0.3, 0.4) is 0 Å². The number of fused-ring (bicyclic) bond motifs is 1. The Morgan fingerprint density at radius 1 is 1.12 bits per heavy atom. The summed E-state index contributed by atoms with van der Waals surface area (Å²) in [5.41, 5.74) is 4.57. The van der Waals surface area contributed by atoms with E-state index in [1.54, 1.807) is 23.8 Å². The topological polar surface area (TPSA) is 68.4 Å². The van der Waals surface area contributed by atoms with Gasteiger partial charge in [-0.1, -0.05) is 30.4 Å². The van der Waals surface area contributed by atoms with Gasteiger partial charge < -0.3 is 14.4 Å². The van der Waals surface area contributed by atoms with Gasteiger partial charge in [0, 0.05) is 28.6 Å². The Labute approximate surface area is 203 Å². The van der Waals surface area contributed by atoms with Crippen LogP contribution in [-0.4, -0.2) is 43.1 Å². The summed E-state index contributed by atoms with van der Waals surface area (Å²) in [6.45, 7) is 10.3. The van der Waals surface area contributed by atoms with Gasteiger partial charge in [-0.25, -0.2) is 4.68 Å². The van der Waals surface area contributed by atoms with Gasteiger partial charge in [-0.2, -0.15) is 5.10 Å². The molecule has 1 aromatic heterocycles. The molecule has 0 aliphatic carbocycles. The Morgan fingerprint density at radius 2 is 1.88 bits per heavy atom. The number of ether oxygens (including phenoxy) is 2. The monoisotopic (exact) mass is 476 g/mol. The standard InChI is InChI=1S/C26H28N4O3S/c1-16(2)14-27-26-30(22(15-34-26)19-12-11-18(32-5)13-23(19)33-6)28-24-20-9-7-8-10-21(20)29(17(3)4)25(24)31/h7-13,15,17H,1,14H2,2-6H3. The molecule has 0 fully saturated rings. The van der Waals surface area contributed by atoms with E-state index in [2.05, 4.69) is 6.58 Å². The van der Waals surface area contributed by atoms with Gasteiger partial charge in [-0.05, 0) is 39.0 Å². The summed E-state index contributed by atoms with van der Waals surface area (Å²) >= 11 is 1.45. The van der Waals surface area contributed by atoms with Crippen molar-refractivity contribution in [3.8, 4) is 22.8 Å². The number of rotatable bonds is 7. The van der Waals surface area contributed by atoms with E-state index in [0.29, 0.717) is 28.6 Å². The zero-order valence-electron chi connectivity index (χ0n) is 20.0. The molecule has 4 rings (SSSR count). The molecule has 0 radical (unpaired) electrons. The minimum atomic E-state index is -0.131. The summed E-state index contributed by atoms with van der Waals surface area (Å²) in [6, 6.07) is 13.4. The summed E-state index contributed by atoms with van der Waals surface area (Å²) < 4.78 is 12.7. The maximum absolute atomic E-state index is 13.5. The van der Waals surface area contributed by atoms with Gasteiger partial charge in [0.25, 0.3) is 5.91 Å². The van der Waals surface area contributed by atoms with Gasteiger partial charge in [-0.3, -0.25) is 9.79 Å². The number of aromatic nitrogens is 1. The van der Waals surface area contributed by atoms with Crippen LogP contribution in [0.4, 0.5) is 5.69 Å².